The van der Waals surface area contributed by atoms with Crippen molar-refractivity contribution >= 4 is 17.5 Å². The highest BCUT2D eigenvalue weighted by atomic mass is 16.2. The monoisotopic (exact) mass is 343 g/mol. The molecule has 25 heavy (non-hydrogen) atoms. The summed E-state index contributed by atoms with van der Waals surface area (Å²) < 4.78 is 0. The number of carbonyl (C=O) groups excluding carboxylic acids is 2. The molecule has 2 amide bonds. The molecule has 1 aromatic rings. The molecule has 0 spiro atoms. The molecule has 2 atom stereocenters. The standard InChI is InChI=1S/C20H29N3O2/c1-15(24)21-19-9-5-4-8-16(19)12-18-13-17(20(25)22(18)2)14-23-10-6-3-7-11-23/h4-5,8-9,17-18H,3,6-7,10-14H2,1-2H3,(H,21,24)/t17-,18-/m0/s1. The van der Waals surface area contributed by atoms with Crippen molar-refractivity contribution in [1.82, 2.24) is 9.80 Å². The van der Waals surface area contributed by atoms with Gasteiger partial charge >= 0.3 is 0 Å². The second kappa shape index (κ2) is 8.00. The summed E-state index contributed by atoms with van der Waals surface area (Å²) in [4.78, 5) is 28.5. The lowest BCUT2D eigenvalue weighted by atomic mass is 9.97. The van der Waals surface area contributed by atoms with E-state index in [1.807, 2.05) is 36.2 Å². The number of carbonyl (C=O) groups is 2. The van der Waals surface area contributed by atoms with Gasteiger partial charge in [-0.05, 0) is 50.4 Å². The molecular formula is C20H29N3O2. The average molecular weight is 343 g/mol. The van der Waals surface area contributed by atoms with E-state index in [1.165, 1.54) is 26.2 Å². The lowest BCUT2D eigenvalue weighted by molar-refractivity contribution is -0.131. The van der Waals surface area contributed by atoms with Gasteiger partial charge in [0, 0.05) is 32.2 Å². The zero-order valence-electron chi connectivity index (χ0n) is 15.3. The molecule has 2 heterocycles. The highest BCUT2D eigenvalue weighted by molar-refractivity contribution is 5.89. The van der Waals surface area contributed by atoms with Crippen LogP contribution in [0.1, 0.15) is 38.2 Å². The molecule has 3 rings (SSSR count). The number of rotatable bonds is 5. The van der Waals surface area contributed by atoms with Crippen LogP contribution in [0.15, 0.2) is 24.3 Å². The SMILES string of the molecule is CC(=O)Nc1ccccc1C[C@H]1C[C@@H](CN2CCCCC2)C(=O)N1C. The van der Waals surface area contributed by atoms with E-state index >= 15 is 0 Å². The van der Waals surface area contributed by atoms with Gasteiger partial charge in [0.1, 0.15) is 0 Å². The molecule has 1 N–H and O–H groups in total. The summed E-state index contributed by atoms with van der Waals surface area (Å²) in [6, 6.07) is 8.09. The first-order chi connectivity index (χ1) is 12.0. The molecule has 136 valence electrons. The van der Waals surface area contributed by atoms with Crippen LogP contribution in [-0.2, 0) is 16.0 Å². The van der Waals surface area contributed by atoms with E-state index in [-0.39, 0.29) is 23.8 Å². The van der Waals surface area contributed by atoms with Crippen molar-refractivity contribution in [2.24, 2.45) is 5.92 Å². The minimum absolute atomic E-state index is 0.0636. The number of para-hydroxylation sites is 1. The van der Waals surface area contributed by atoms with Crippen molar-refractivity contribution < 1.29 is 9.59 Å². The topological polar surface area (TPSA) is 52.7 Å². The fourth-order valence-electron chi connectivity index (χ4n) is 4.15. The number of hydrogen-bond donors (Lipinski definition) is 1. The minimum atomic E-state index is -0.0636. The van der Waals surface area contributed by atoms with E-state index in [9.17, 15) is 9.59 Å². The molecule has 0 unspecified atom stereocenters. The molecule has 0 aromatic heterocycles. The highest BCUT2D eigenvalue weighted by Crippen LogP contribution is 2.29. The first-order valence-electron chi connectivity index (χ1n) is 9.39. The molecule has 5 nitrogen and oxygen atoms in total. The Balaban J connectivity index is 1.65. The number of nitrogens with one attached hydrogen (secondary N) is 1. The summed E-state index contributed by atoms with van der Waals surface area (Å²) in [6.45, 7) is 4.68. The molecule has 2 aliphatic heterocycles. The maximum atomic E-state index is 12.7. The lowest BCUT2D eigenvalue weighted by Crippen LogP contribution is -2.37. The van der Waals surface area contributed by atoms with Crippen molar-refractivity contribution in [1.29, 1.82) is 0 Å². The van der Waals surface area contributed by atoms with Crippen LogP contribution in [0.3, 0.4) is 0 Å². The van der Waals surface area contributed by atoms with Crippen molar-refractivity contribution in [2.45, 2.75) is 45.1 Å². The lowest BCUT2D eigenvalue weighted by Gasteiger charge is -2.28. The van der Waals surface area contributed by atoms with Crippen LogP contribution in [0.5, 0.6) is 0 Å². The Morgan fingerprint density at radius 1 is 1.20 bits per heavy atom. The summed E-state index contributed by atoms with van der Waals surface area (Å²) in [7, 11) is 1.92. The number of likely N-dealkylation sites (tertiary alicyclic amines) is 2. The Kier molecular flexibility index (Phi) is 5.74. The van der Waals surface area contributed by atoms with Crippen LogP contribution < -0.4 is 5.32 Å². The molecule has 0 radical (unpaired) electrons. The van der Waals surface area contributed by atoms with Gasteiger partial charge in [-0.15, -0.1) is 0 Å². The van der Waals surface area contributed by atoms with Crippen LogP contribution in [-0.4, -0.2) is 54.3 Å². The number of benzene rings is 1. The molecule has 0 aliphatic carbocycles. The molecule has 2 saturated heterocycles. The fraction of sp³-hybridized carbons (Fsp3) is 0.600. The summed E-state index contributed by atoms with van der Waals surface area (Å²) in [6.07, 6.45) is 5.52. The van der Waals surface area contributed by atoms with Gasteiger partial charge in [-0.1, -0.05) is 24.6 Å². The van der Waals surface area contributed by atoms with Crippen molar-refractivity contribution in [3.63, 3.8) is 0 Å². The number of anilines is 1. The summed E-state index contributed by atoms with van der Waals surface area (Å²) >= 11 is 0. The Morgan fingerprint density at radius 2 is 1.92 bits per heavy atom. The molecule has 1 aromatic carbocycles. The van der Waals surface area contributed by atoms with E-state index in [0.29, 0.717) is 0 Å². The quantitative estimate of drug-likeness (QED) is 0.894. The van der Waals surface area contributed by atoms with Crippen LogP contribution >= 0.6 is 0 Å². The smallest absolute Gasteiger partial charge is 0.227 e. The van der Waals surface area contributed by atoms with Crippen LogP contribution in [0.25, 0.3) is 0 Å². The Hall–Kier alpha value is -1.88. The minimum Gasteiger partial charge on any atom is -0.342 e. The number of hydrogen-bond acceptors (Lipinski definition) is 3. The highest BCUT2D eigenvalue weighted by Gasteiger charge is 2.38. The van der Waals surface area contributed by atoms with E-state index in [0.717, 1.165) is 43.7 Å². The number of nitrogens with zero attached hydrogens (tertiary/aromatic N) is 2. The first-order valence-corrected chi connectivity index (χ1v) is 9.39. The average Bonchev–Trinajstić information content (AvgIpc) is 2.85. The molecular weight excluding hydrogens is 314 g/mol. The first kappa shape index (κ1) is 17.9. The summed E-state index contributed by atoms with van der Waals surface area (Å²) in [5.74, 6) is 0.319. The van der Waals surface area contributed by atoms with E-state index in [1.54, 1.807) is 0 Å². The predicted octanol–water partition coefficient (Wildman–Crippen LogP) is 2.52. The van der Waals surface area contributed by atoms with E-state index in [4.69, 9.17) is 0 Å². The van der Waals surface area contributed by atoms with Gasteiger partial charge in [0.05, 0.1) is 5.92 Å². The van der Waals surface area contributed by atoms with E-state index in [2.05, 4.69) is 10.2 Å². The molecule has 5 heteroatoms. The number of likely N-dealkylation sites (N-methyl/N-ethyl adjacent to an activating group) is 1. The maximum absolute atomic E-state index is 12.7. The van der Waals surface area contributed by atoms with Gasteiger partial charge in [-0.2, -0.15) is 0 Å². The van der Waals surface area contributed by atoms with E-state index < -0.39 is 0 Å². The third-order valence-corrected chi connectivity index (χ3v) is 5.51. The van der Waals surface area contributed by atoms with Gasteiger partial charge in [0.2, 0.25) is 11.8 Å². The van der Waals surface area contributed by atoms with Crippen LogP contribution in [0.2, 0.25) is 0 Å². The molecule has 2 fully saturated rings. The second-order valence-electron chi connectivity index (χ2n) is 7.44. The van der Waals surface area contributed by atoms with Crippen molar-refractivity contribution in [3.8, 4) is 0 Å². The van der Waals surface area contributed by atoms with Gasteiger partial charge in [0.15, 0.2) is 0 Å². The van der Waals surface area contributed by atoms with Crippen LogP contribution in [0, 0.1) is 5.92 Å². The largest absolute Gasteiger partial charge is 0.342 e. The second-order valence-corrected chi connectivity index (χ2v) is 7.44. The maximum Gasteiger partial charge on any atom is 0.227 e. The Morgan fingerprint density at radius 3 is 2.64 bits per heavy atom. The number of amides is 2. The Bertz CT molecular complexity index is 625. The van der Waals surface area contributed by atoms with Crippen LogP contribution in [0.4, 0.5) is 5.69 Å². The third kappa shape index (κ3) is 4.40. The Labute approximate surface area is 150 Å². The zero-order chi connectivity index (χ0) is 17.8. The summed E-state index contributed by atoms with van der Waals surface area (Å²) in [5, 5.41) is 2.90. The molecule has 0 saturated carbocycles. The molecule has 0 bridgehead atoms. The van der Waals surface area contributed by atoms with Gasteiger partial charge < -0.3 is 15.1 Å². The fourth-order valence-corrected chi connectivity index (χ4v) is 4.15. The van der Waals surface area contributed by atoms with Gasteiger partial charge in [0.25, 0.3) is 0 Å². The van der Waals surface area contributed by atoms with Crippen molar-refractivity contribution in [3.05, 3.63) is 29.8 Å². The van der Waals surface area contributed by atoms with Gasteiger partial charge in [-0.3, -0.25) is 9.59 Å². The third-order valence-electron chi connectivity index (χ3n) is 5.51. The zero-order valence-corrected chi connectivity index (χ0v) is 15.3. The number of piperidine rings is 1. The van der Waals surface area contributed by atoms with Gasteiger partial charge in [-0.25, -0.2) is 0 Å². The normalized spacial score (nSPS) is 24.6. The molecule has 2 aliphatic rings. The van der Waals surface area contributed by atoms with Crippen molar-refractivity contribution in [2.75, 3.05) is 32.0 Å². The predicted molar refractivity (Wildman–Crippen MR) is 99.4 cm³/mol. The summed E-state index contributed by atoms with van der Waals surface area (Å²) in [5.41, 5.74) is 1.95.